The van der Waals surface area contributed by atoms with Crippen molar-refractivity contribution in [3.63, 3.8) is 0 Å². The zero-order chi connectivity index (χ0) is 16.8. The van der Waals surface area contributed by atoms with E-state index < -0.39 is 5.82 Å². The summed E-state index contributed by atoms with van der Waals surface area (Å²) in [6.07, 6.45) is 3.09. The predicted octanol–water partition coefficient (Wildman–Crippen LogP) is 2.80. The molecule has 1 aliphatic heterocycles. The second-order valence-corrected chi connectivity index (χ2v) is 5.55. The topological polar surface area (TPSA) is 64.5 Å². The van der Waals surface area contributed by atoms with E-state index in [1.54, 1.807) is 4.90 Å². The minimum absolute atomic E-state index is 0.112. The van der Waals surface area contributed by atoms with Crippen LogP contribution in [0.2, 0.25) is 0 Å². The normalized spacial score (nSPS) is 17.4. The van der Waals surface area contributed by atoms with Gasteiger partial charge in [-0.3, -0.25) is 0 Å². The average molecular weight is 331 g/mol. The van der Waals surface area contributed by atoms with E-state index >= 15 is 0 Å². The molecule has 0 radical (unpaired) electrons. The number of amides is 1. The summed E-state index contributed by atoms with van der Waals surface area (Å²) in [6.45, 7) is 1.26. The molecular formula is C17H18FN3O3. The molecule has 1 aliphatic rings. The maximum atomic E-state index is 12.8. The van der Waals surface area contributed by atoms with E-state index in [1.165, 1.54) is 0 Å². The van der Waals surface area contributed by atoms with E-state index in [0.717, 1.165) is 30.8 Å². The van der Waals surface area contributed by atoms with Crippen LogP contribution in [0.25, 0.3) is 0 Å². The molecule has 0 aliphatic carbocycles. The lowest BCUT2D eigenvalue weighted by Gasteiger charge is -2.31. The average Bonchev–Trinajstić information content (AvgIpc) is 2.63. The second-order valence-electron chi connectivity index (χ2n) is 5.55. The Kier molecular flexibility index (Phi) is 5.20. The Balaban J connectivity index is 1.51. The van der Waals surface area contributed by atoms with Crippen molar-refractivity contribution in [1.82, 2.24) is 14.9 Å². The molecule has 24 heavy (non-hydrogen) atoms. The molecule has 1 saturated heterocycles. The summed E-state index contributed by atoms with van der Waals surface area (Å²) in [5.74, 6) is -0.517. The van der Waals surface area contributed by atoms with Gasteiger partial charge in [-0.1, -0.05) is 30.3 Å². The Morgan fingerprint density at radius 2 is 2.00 bits per heavy atom. The lowest BCUT2D eigenvalue weighted by Crippen LogP contribution is -2.44. The van der Waals surface area contributed by atoms with Crippen molar-refractivity contribution in [3.8, 4) is 6.01 Å². The monoisotopic (exact) mass is 331 g/mol. The summed E-state index contributed by atoms with van der Waals surface area (Å²) in [7, 11) is 0. The number of aromatic nitrogens is 2. The molecule has 1 aromatic carbocycles. The summed E-state index contributed by atoms with van der Waals surface area (Å²) >= 11 is 0. The van der Waals surface area contributed by atoms with Gasteiger partial charge in [0, 0.05) is 6.54 Å². The van der Waals surface area contributed by atoms with Crippen LogP contribution in [0, 0.1) is 5.82 Å². The van der Waals surface area contributed by atoms with Gasteiger partial charge in [0.1, 0.15) is 12.7 Å². The van der Waals surface area contributed by atoms with Crippen molar-refractivity contribution in [3.05, 3.63) is 54.1 Å². The zero-order valence-corrected chi connectivity index (χ0v) is 13.1. The minimum Gasteiger partial charge on any atom is -0.458 e. The molecule has 7 heteroatoms. The van der Waals surface area contributed by atoms with E-state index in [1.807, 2.05) is 30.3 Å². The third-order valence-electron chi connectivity index (χ3n) is 3.71. The zero-order valence-electron chi connectivity index (χ0n) is 13.1. The summed E-state index contributed by atoms with van der Waals surface area (Å²) in [6, 6.07) is 9.63. The molecule has 126 valence electrons. The highest BCUT2D eigenvalue weighted by Gasteiger charge is 2.26. The number of hydrogen-bond acceptors (Lipinski definition) is 5. The molecule has 0 spiro atoms. The smallest absolute Gasteiger partial charge is 0.410 e. The number of likely N-dealkylation sites (tertiary alicyclic amines) is 1. The van der Waals surface area contributed by atoms with Gasteiger partial charge in [-0.25, -0.2) is 19.2 Å². The maximum absolute atomic E-state index is 12.8. The van der Waals surface area contributed by atoms with Gasteiger partial charge in [-0.2, -0.15) is 0 Å². The van der Waals surface area contributed by atoms with Crippen LogP contribution in [0.5, 0.6) is 6.01 Å². The summed E-state index contributed by atoms with van der Waals surface area (Å²) in [5, 5.41) is 0. The Bertz CT molecular complexity index is 667. The van der Waals surface area contributed by atoms with Crippen LogP contribution in [-0.4, -0.2) is 40.2 Å². The lowest BCUT2D eigenvalue weighted by molar-refractivity contribution is 0.0518. The van der Waals surface area contributed by atoms with E-state index in [9.17, 15) is 9.18 Å². The molecule has 0 N–H and O–H groups in total. The highest BCUT2D eigenvalue weighted by Crippen LogP contribution is 2.16. The molecule has 0 saturated carbocycles. The van der Waals surface area contributed by atoms with Crippen molar-refractivity contribution < 1.29 is 18.7 Å². The van der Waals surface area contributed by atoms with E-state index in [-0.39, 0.29) is 24.8 Å². The van der Waals surface area contributed by atoms with E-state index in [0.29, 0.717) is 13.1 Å². The van der Waals surface area contributed by atoms with Gasteiger partial charge in [0.05, 0.1) is 18.9 Å². The van der Waals surface area contributed by atoms with Crippen molar-refractivity contribution in [2.45, 2.75) is 25.6 Å². The molecule has 2 heterocycles. The van der Waals surface area contributed by atoms with Gasteiger partial charge < -0.3 is 14.4 Å². The number of hydrogen-bond donors (Lipinski definition) is 0. The second kappa shape index (κ2) is 7.72. The molecule has 6 nitrogen and oxygen atoms in total. The Hall–Kier alpha value is -2.70. The number of piperidine rings is 1. The third kappa shape index (κ3) is 4.41. The van der Waals surface area contributed by atoms with Gasteiger partial charge >= 0.3 is 12.1 Å². The van der Waals surface area contributed by atoms with Crippen LogP contribution >= 0.6 is 0 Å². The van der Waals surface area contributed by atoms with Crippen molar-refractivity contribution in [1.29, 1.82) is 0 Å². The molecular weight excluding hydrogens is 313 g/mol. The van der Waals surface area contributed by atoms with Crippen LogP contribution in [0.15, 0.2) is 42.7 Å². The lowest BCUT2D eigenvalue weighted by atomic mass is 10.1. The summed E-state index contributed by atoms with van der Waals surface area (Å²) < 4.78 is 23.8. The number of ether oxygens (including phenoxy) is 2. The number of carbonyl (C=O) groups excluding carboxylic acids is 1. The first-order valence-electron chi connectivity index (χ1n) is 7.80. The number of benzene rings is 1. The first-order chi connectivity index (χ1) is 11.7. The van der Waals surface area contributed by atoms with Gasteiger partial charge in [0.25, 0.3) is 0 Å². The summed E-state index contributed by atoms with van der Waals surface area (Å²) in [4.78, 5) is 21.3. The van der Waals surface area contributed by atoms with E-state index in [2.05, 4.69) is 9.97 Å². The highest BCUT2D eigenvalue weighted by atomic mass is 19.1. The predicted molar refractivity (Wildman–Crippen MR) is 83.8 cm³/mol. The molecule has 2 aromatic rings. The van der Waals surface area contributed by atoms with Crippen LogP contribution in [0.3, 0.4) is 0 Å². The van der Waals surface area contributed by atoms with Crippen LogP contribution in [0.1, 0.15) is 18.4 Å². The third-order valence-corrected chi connectivity index (χ3v) is 3.71. The number of carbonyl (C=O) groups is 1. The number of nitrogens with zero attached hydrogens (tertiary/aromatic N) is 3. The van der Waals surface area contributed by atoms with Crippen molar-refractivity contribution >= 4 is 6.09 Å². The standard InChI is InChI=1S/C17H18FN3O3/c18-14-9-19-16(20-10-14)24-15-7-4-8-21(11-15)17(22)23-12-13-5-2-1-3-6-13/h1-3,5-6,9-10,15H,4,7-8,11-12H2. The fourth-order valence-electron chi connectivity index (χ4n) is 2.52. The summed E-state index contributed by atoms with van der Waals surface area (Å²) in [5.41, 5.74) is 0.940. The number of halogens is 1. The maximum Gasteiger partial charge on any atom is 0.410 e. The molecule has 3 rings (SSSR count). The molecule has 1 unspecified atom stereocenters. The molecule has 1 aromatic heterocycles. The minimum atomic E-state index is -0.517. The molecule has 0 bridgehead atoms. The van der Waals surface area contributed by atoms with Crippen LogP contribution in [-0.2, 0) is 11.3 Å². The van der Waals surface area contributed by atoms with Gasteiger partial charge in [-0.05, 0) is 18.4 Å². The van der Waals surface area contributed by atoms with Gasteiger partial charge in [-0.15, -0.1) is 0 Å². The first-order valence-corrected chi connectivity index (χ1v) is 7.80. The Morgan fingerprint density at radius 1 is 1.25 bits per heavy atom. The highest BCUT2D eigenvalue weighted by molar-refractivity contribution is 5.67. The largest absolute Gasteiger partial charge is 0.458 e. The van der Waals surface area contributed by atoms with Crippen molar-refractivity contribution in [2.24, 2.45) is 0 Å². The number of rotatable bonds is 4. The van der Waals surface area contributed by atoms with Gasteiger partial charge in [0.15, 0.2) is 5.82 Å². The first kappa shape index (κ1) is 16.2. The van der Waals surface area contributed by atoms with Crippen molar-refractivity contribution in [2.75, 3.05) is 13.1 Å². The SMILES string of the molecule is O=C(OCc1ccccc1)N1CCCC(Oc2ncc(F)cn2)C1. The Morgan fingerprint density at radius 3 is 2.75 bits per heavy atom. The molecule has 1 atom stereocenters. The Labute approximate surface area is 139 Å². The van der Waals surface area contributed by atoms with Crippen LogP contribution < -0.4 is 4.74 Å². The molecule has 1 fully saturated rings. The van der Waals surface area contributed by atoms with E-state index in [4.69, 9.17) is 9.47 Å². The fraction of sp³-hybridized carbons (Fsp3) is 0.353. The van der Waals surface area contributed by atoms with Gasteiger partial charge in [0.2, 0.25) is 0 Å². The fourth-order valence-corrected chi connectivity index (χ4v) is 2.52. The quantitative estimate of drug-likeness (QED) is 0.862. The van der Waals surface area contributed by atoms with Crippen LogP contribution in [0.4, 0.5) is 9.18 Å². The molecule has 1 amide bonds.